The van der Waals surface area contributed by atoms with Gasteiger partial charge in [-0.1, -0.05) is 11.6 Å². The lowest BCUT2D eigenvalue weighted by Crippen LogP contribution is -1.93. The number of fused-ring (bicyclic) bond motifs is 1. The molecule has 0 aliphatic rings. The molecular formula is C13H9ClFN3. The molecule has 2 aromatic carbocycles. The molecule has 0 saturated heterocycles. The fourth-order valence-electron chi connectivity index (χ4n) is 1.91. The summed E-state index contributed by atoms with van der Waals surface area (Å²) in [4.78, 5) is 4.23. The van der Waals surface area contributed by atoms with Gasteiger partial charge in [0.25, 0.3) is 0 Å². The van der Waals surface area contributed by atoms with Crippen LogP contribution in [0.25, 0.3) is 16.7 Å². The number of rotatable bonds is 1. The third-order valence-corrected chi connectivity index (χ3v) is 2.92. The van der Waals surface area contributed by atoms with E-state index in [1.807, 2.05) is 6.07 Å². The Kier molecular flexibility index (Phi) is 2.45. The third-order valence-electron chi connectivity index (χ3n) is 2.70. The van der Waals surface area contributed by atoms with Crippen molar-refractivity contribution in [3.63, 3.8) is 0 Å². The average Bonchev–Trinajstić information content (AvgIpc) is 2.70. The van der Waals surface area contributed by atoms with Crippen molar-refractivity contribution in [3.8, 4) is 5.69 Å². The van der Waals surface area contributed by atoms with Gasteiger partial charge in [0.1, 0.15) is 12.1 Å². The van der Waals surface area contributed by atoms with E-state index in [9.17, 15) is 4.39 Å². The van der Waals surface area contributed by atoms with Gasteiger partial charge in [0.2, 0.25) is 0 Å². The Morgan fingerprint density at radius 1 is 1.17 bits per heavy atom. The molecule has 0 saturated carbocycles. The highest BCUT2D eigenvalue weighted by atomic mass is 35.5. The number of hydrogen-bond donors (Lipinski definition) is 1. The van der Waals surface area contributed by atoms with Gasteiger partial charge < -0.3 is 5.73 Å². The molecule has 0 aliphatic carbocycles. The second-order valence-electron chi connectivity index (χ2n) is 3.99. The summed E-state index contributed by atoms with van der Waals surface area (Å²) in [6.45, 7) is 0. The summed E-state index contributed by atoms with van der Waals surface area (Å²) in [5.41, 5.74) is 8.58. The van der Waals surface area contributed by atoms with Crippen molar-refractivity contribution < 1.29 is 4.39 Å². The van der Waals surface area contributed by atoms with Gasteiger partial charge >= 0.3 is 0 Å². The van der Waals surface area contributed by atoms with Crippen molar-refractivity contribution in [2.45, 2.75) is 0 Å². The quantitative estimate of drug-likeness (QED) is 0.682. The summed E-state index contributed by atoms with van der Waals surface area (Å²) in [7, 11) is 0. The molecule has 1 aromatic heterocycles. The molecule has 0 bridgehead atoms. The van der Waals surface area contributed by atoms with Crippen molar-refractivity contribution in [2.24, 2.45) is 0 Å². The molecule has 18 heavy (non-hydrogen) atoms. The van der Waals surface area contributed by atoms with Crippen LogP contribution in [-0.2, 0) is 0 Å². The second-order valence-corrected chi connectivity index (χ2v) is 4.43. The fraction of sp³-hybridized carbons (Fsp3) is 0. The van der Waals surface area contributed by atoms with Crippen LogP contribution in [0, 0.1) is 5.82 Å². The first-order valence-electron chi connectivity index (χ1n) is 5.32. The number of hydrogen-bond acceptors (Lipinski definition) is 2. The lowest BCUT2D eigenvalue weighted by molar-refractivity contribution is 0.627. The zero-order valence-corrected chi connectivity index (χ0v) is 10.0. The second kappa shape index (κ2) is 3.99. The van der Waals surface area contributed by atoms with Gasteiger partial charge in [-0.25, -0.2) is 9.37 Å². The summed E-state index contributed by atoms with van der Waals surface area (Å²) in [5, 5.41) is 0.349. The minimum Gasteiger partial charge on any atom is -0.399 e. The standard InChI is InChI=1S/C13H9ClFN3/c14-8-3-9(15)5-11(4-8)18-7-17-12-6-10(16)1-2-13(12)18/h1-7H,16H2. The Morgan fingerprint density at radius 2 is 2.00 bits per heavy atom. The van der Waals surface area contributed by atoms with E-state index in [0.717, 1.165) is 11.0 Å². The van der Waals surface area contributed by atoms with E-state index in [-0.39, 0.29) is 5.82 Å². The number of imidazole rings is 1. The van der Waals surface area contributed by atoms with Crippen molar-refractivity contribution >= 4 is 28.3 Å². The summed E-state index contributed by atoms with van der Waals surface area (Å²) in [6, 6.07) is 9.75. The van der Waals surface area contributed by atoms with Gasteiger partial charge in [-0.05, 0) is 36.4 Å². The minimum atomic E-state index is -0.380. The van der Waals surface area contributed by atoms with Crippen LogP contribution in [0.4, 0.5) is 10.1 Å². The van der Waals surface area contributed by atoms with E-state index in [1.54, 1.807) is 29.1 Å². The Hall–Kier alpha value is -2.07. The van der Waals surface area contributed by atoms with Crippen molar-refractivity contribution in [3.05, 3.63) is 53.6 Å². The van der Waals surface area contributed by atoms with Crippen LogP contribution in [0.2, 0.25) is 5.02 Å². The number of halogens is 2. The smallest absolute Gasteiger partial charge is 0.126 e. The minimum absolute atomic E-state index is 0.349. The molecule has 2 N–H and O–H groups in total. The molecule has 3 aromatic rings. The van der Waals surface area contributed by atoms with Gasteiger partial charge in [-0.3, -0.25) is 4.57 Å². The molecule has 1 heterocycles. The largest absolute Gasteiger partial charge is 0.399 e. The van der Waals surface area contributed by atoms with Crippen LogP contribution in [0.15, 0.2) is 42.7 Å². The predicted molar refractivity (Wildman–Crippen MR) is 70.5 cm³/mol. The lowest BCUT2D eigenvalue weighted by atomic mass is 10.2. The fourth-order valence-corrected chi connectivity index (χ4v) is 2.13. The topological polar surface area (TPSA) is 43.8 Å². The molecule has 5 heteroatoms. The van der Waals surface area contributed by atoms with E-state index < -0.39 is 0 Å². The maximum Gasteiger partial charge on any atom is 0.126 e. The maximum absolute atomic E-state index is 13.3. The monoisotopic (exact) mass is 261 g/mol. The third kappa shape index (κ3) is 1.80. The van der Waals surface area contributed by atoms with Gasteiger partial charge in [0.05, 0.1) is 16.7 Å². The van der Waals surface area contributed by atoms with E-state index >= 15 is 0 Å². The first-order valence-corrected chi connectivity index (χ1v) is 5.70. The number of nitrogens with zero attached hydrogens (tertiary/aromatic N) is 2. The highest BCUT2D eigenvalue weighted by molar-refractivity contribution is 6.30. The number of nitrogen functional groups attached to an aromatic ring is 1. The molecule has 0 fully saturated rings. The highest BCUT2D eigenvalue weighted by Gasteiger charge is 2.07. The normalized spacial score (nSPS) is 11.0. The molecule has 0 atom stereocenters. The Balaban J connectivity index is 2.25. The maximum atomic E-state index is 13.3. The van der Waals surface area contributed by atoms with Gasteiger partial charge in [0.15, 0.2) is 0 Å². The zero-order valence-electron chi connectivity index (χ0n) is 9.27. The molecular weight excluding hydrogens is 253 g/mol. The van der Waals surface area contributed by atoms with Crippen LogP contribution < -0.4 is 5.73 Å². The summed E-state index contributed by atoms with van der Waals surface area (Å²) < 4.78 is 15.1. The Bertz CT molecular complexity index is 716. The van der Waals surface area contributed by atoms with Gasteiger partial charge in [-0.15, -0.1) is 0 Å². The van der Waals surface area contributed by atoms with Crippen LogP contribution in [0.3, 0.4) is 0 Å². The van der Waals surface area contributed by atoms with E-state index in [2.05, 4.69) is 4.98 Å². The molecule has 0 amide bonds. The van der Waals surface area contributed by atoms with E-state index in [1.165, 1.54) is 12.1 Å². The molecule has 0 radical (unpaired) electrons. The molecule has 3 rings (SSSR count). The first kappa shape index (κ1) is 11.0. The molecule has 0 unspecified atom stereocenters. The molecule has 0 aliphatic heterocycles. The lowest BCUT2D eigenvalue weighted by Gasteiger charge is -2.05. The van der Waals surface area contributed by atoms with Crippen molar-refractivity contribution in [1.82, 2.24) is 9.55 Å². The Labute approximate surface area is 108 Å². The molecule has 90 valence electrons. The van der Waals surface area contributed by atoms with Crippen LogP contribution in [0.1, 0.15) is 0 Å². The number of benzene rings is 2. The zero-order chi connectivity index (χ0) is 12.7. The average molecular weight is 262 g/mol. The summed E-state index contributed by atoms with van der Waals surface area (Å²) >= 11 is 5.85. The van der Waals surface area contributed by atoms with Crippen LogP contribution in [-0.4, -0.2) is 9.55 Å². The first-order chi connectivity index (χ1) is 8.63. The van der Waals surface area contributed by atoms with Crippen LogP contribution in [0.5, 0.6) is 0 Å². The number of anilines is 1. The highest BCUT2D eigenvalue weighted by Crippen LogP contribution is 2.23. The SMILES string of the molecule is Nc1ccc2c(c1)ncn2-c1cc(F)cc(Cl)c1. The van der Waals surface area contributed by atoms with Gasteiger partial charge in [-0.2, -0.15) is 0 Å². The summed E-state index contributed by atoms with van der Waals surface area (Å²) in [5.74, 6) is -0.380. The molecule has 3 nitrogen and oxygen atoms in total. The van der Waals surface area contributed by atoms with Crippen molar-refractivity contribution in [2.75, 3.05) is 5.73 Å². The number of nitrogens with two attached hydrogens (primary N) is 1. The Morgan fingerprint density at radius 3 is 2.78 bits per heavy atom. The van der Waals surface area contributed by atoms with Crippen molar-refractivity contribution in [1.29, 1.82) is 0 Å². The van der Waals surface area contributed by atoms with Gasteiger partial charge in [0, 0.05) is 10.7 Å². The predicted octanol–water partition coefficient (Wildman–Crippen LogP) is 3.40. The van der Waals surface area contributed by atoms with E-state index in [4.69, 9.17) is 17.3 Å². The summed E-state index contributed by atoms with van der Waals surface area (Å²) in [6.07, 6.45) is 1.62. The number of aromatic nitrogens is 2. The van der Waals surface area contributed by atoms with Crippen LogP contribution >= 0.6 is 11.6 Å². The van der Waals surface area contributed by atoms with E-state index in [0.29, 0.717) is 16.4 Å². The molecule has 0 spiro atoms.